The van der Waals surface area contributed by atoms with Gasteiger partial charge in [0, 0.05) is 24.3 Å². The van der Waals surface area contributed by atoms with E-state index in [1.165, 1.54) is 11.1 Å². The average Bonchev–Trinajstić information content (AvgIpc) is 3.11. The van der Waals surface area contributed by atoms with Gasteiger partial charge in [-0.25, -0.2) is 0 Å². The summed E-state index contributed by atoms with van der Waals surface area (Å²) in [7, 11) is 0. The third-order valence-electron chi connectivity index (χ3n) is 6.00. The zero-order valence-electron chi connectivity index (χ0n) is 14.7. The average molecular weight is 350 g/mol. The summed E-state index contributed by atoms with van der Waals surface area (Å²) in [5.74, 6) is -0.0750. The largest absolute Gasteiger partial charge is 0.332 e. The molecular weight excluding hydrogens is 328 g/mol. The predicted octanol–water partition coefficient (Wildman–Crippen LogP) is 1.87. The van der Waals surface area contributed by atoms with E-state index in [1.807, 2.05) is 17.0 Å². The number of aromatic amines is 1. The van der Waals surface area contributed by atoms with Crippen LogP contribution in [-0.2, 0) is 24.1 Å². The molecule has 1 saturated heterocycles. The molecule has 0 saturated carbocycles. The summed E-state index contributed by atoms with van der Waals surface area (Å²) in [5.41, 5.74) is 5.12. The monoisotopic (exact) mass is 350 g/mol. The molecule has 0 bridgehead atoms. The van der Waals surface area contributed by atoms with E-state index in [1.54, 1.807) is 4.90 Å². The zero-order valence-corrected chi connectivity index (χ0v) is 14.7. The Morgan fingerprint density at radius 3 is 2.92 bits per heavy atom. The summed E-state index contributed by atoms with van der Waals surface area (Å²) >= 11 is 0. The molecule has 2 amide bonds. The van der Waals surface area contributed by atoms with Crippen molar-refractivity contribution >= 4 is 11.8 Å². The fourth-order valence-electron chi connectivity index (χ4n) is 4.64. The SMILES string of the molecule is O=C(c1n[nH]c2c1CCCC2)N1CC(=O)N2CCc3ccccc3C2C1. The number of benzene rings is 1. The van der Waals surface area contributed by atoms with Crippen LogP contribution in [0.4, 0.5) is 0 Å². The van der Waals surface area contributed by atoms with Crippen molar-refractivity contribution in [1.82, 2.24) is 20.0 Å². The number of carbonyl (C=O) groups is 2. The third-order valence-corrected chi connectivity index (χ3v) is 6.00. The molecule has 6 nitrogen and oxygen atoms in total. The Balaban J connectivity index is 1.46. The number of piperazine rings is 1. The van der Waals surface area contributed by atoms with Gasteiger partial charge in [0.05, 0.1) is 6.04 Å². The van der Waals surface area contributed by atoms with Crippen LogP contribution in [0.15, 0.2) is 24.3 Å². The number of H-pyrrole nitrogens is 1. The number of rotatable bonds is 1. The van der Waals surface area contributed by atoms with E-state index in [2.05, 4.69) is 22.3 Å². The number of aromatic nitrogens is 2. The number of carbonyl (C=O) groups excluding carboxylic acids is 2. The van der Waals surface area contributed by atoms with Crippen LogP contribution in [0.3, 0.4) is 0 Å². The van der Waals surface area contributed by atoms with Gasteiger partial charge in [-0.3, -0.25) is 14.7 Å². The number of amides is 2. The first-order chi connectivity index (χ1) is 12.7. The molecule has 2 aromatic rings. The molecule has 1 aromatic heterocycles. The van der Waals surface area contributed by atoms with Crippen LogP contribution in [0.2, 0.25) is 0 Å². The normalized spacial score (nSPS) is 21.8. The molecule has 5 rings (SSSR count). The maximum Gasteiger partial charge on any atom is 0.275 e. The van der Waals surface area contributed by atoms with Gasteiger partial charge < -0.3 is 9.80 Å². The lowest BCUT2D eigenvalue weighted by Crippen LogP contribution is -2.55. The molecule has 3 heterocycles. The molecule has 3 aliphatic rings. The van der Waals surface area contributed by atoms with Crippen molar-refractivity contribution in [3.8, 4) is 0 Å². The second-order valence-corrected chi connectivity index (χ2v) is 7.47. The molecule has 1 aromatic carbocycles. The van der Waals surface area contributed by atoms with Crippen molar-refractivity contribution in [2.45, 2.75) is 38.1 Å². The second-order valence-electron chi connectivity index (χ2n) is 7.47. The van der Waals surface area contributed by atoms with E-state index in [9.17, 15) is 9.59 Å². The Hall–Kier alpha value is -2.63. The summed E-state index contributed by atoms with van der Waals surface area (Å²) in [6, 6.07) is 8.22. The first-order valence-corrected chi connectivity index (χ1v) is 9.45. The van der Waals surface area contributed by atoms with Crippen molar-refractivity contribution < 1.29 is 9.59 Å². The number of hydrogen-bond acceptors (Lipinski definition) is 3. The number of aryl methyl sites for hydroxylation is 1. The van der Waals surface area contributed by atoms with Gasteiger partial charge in [-0.1, -0.05) is 24.3 Å². The topological polar surface area (TPSA) is 69.3 Å². The number of hydrogen-bond donors (Lipinski definition) is 1. The van der Waals surface area contributed by atoms with E-state index in [0.29, 0.717) is 12.2 Å². The lowest BCUT2D eigenvalue weighted by atomic mass is 9.90. The highest BCUT2D eigenvalue weighted by Crippen LogP contribution is 2.34. The van der Waals surface area contributed by atoms with Gasteiger partial charge >= 0.3 is 0 Å². The smallest absolute Gasteiger partial charge is 0.275 e. The van der Waals surface area contributed by atoms with Gasteiger partial charge in [0.1, 0.15) is 6.54 Å². The van der Waals surface area contributed by atoms with E-state index >= 15 is 0 Å². The lowest BCUT2D eigenvalue weighted by Gasteiger charge is -2.44. The summed E-state index contributed by atoms with van der Waals surface area (Å²) < 4.78 is 0. The van der Waals surface area contributed by atoms with Crippen molar-refractivity contribution in [2.75, 3.05) is 19.6 Å². The van der Waals surface area contributed by atoms with Crippen molar-refractivity contribution in [3.05, 3.63) is 52.3 Å². The summed E-state index contributed by atoms with van der Waals surface area (Å²) in [4.78, 5) is 29.5. The summed E-state index contributed by atoms with van der Waals surface area (Å²) in [6.45, 7) is 1.43. The van der Waals surface area contributed by atoms with Crippen molar-refractivity contribution in [2.24, 2.45) is 0 Å². The number of nitrogens with zero attached hydrogens (tertiary/aromatic N) is 3. The molecule has 6 heteroatoms. The fourth-order valence-corrected chi connectivity index (χ4v) is 4.64. The summed E-state index contributed by atoms with van der Waals surface area (Å²) in [6.07, 6.45) is 4.97. The maximum atomic E-state index is 13.1. The Labute approximate surface area is 152 Å². The quantitative estimate of drug-likeness (QED) is 0.854. The van der Waals surface area contributed by atoms with Crippen LogP contribution in [0.25, 0.3) is 0 Å². The first-order valence-electron chi connectivity index (χ1n) is 9.45. The standard InChI is InChI=1S/C20H22N4O2/c25-18-12-23(20(26)19-15-7-3-4-8-16(15)21-22-19)11-17-14-6-2-1-5-13(14)9-10-24(17)18/h1-2,5-6,17H,3-4,7-12H2,(H,21,22). The molecule has 1 unspecified atom stereocenters. The van der Waals surface area contributed by atoms with Crippen LogP contribution in [0.5, 0.6) is 0 Å². The van der Waals surface area contributed by atoms with E-state index in [-0.39, 0.29) is 24.4 Å². The van der Waals surface area contributed by atoms with Crippen LogP contribution in [-0.4, -0.2) is 51.4 Å². The minimum absolute atomic E-state index is 0.0357. The highest BCUT2D eigenvalue weighted by atomic mass is 16.2. The minimum atomic E-state index is -0.111. The molecule has 134 valence electrons. The van der Waals surface area contributed by atoms with E-state index in [0.717, 1.165) is 49.9 Å². The molecule has 1 N–H and O–H groups in total. The van der Waals surface area contributed by atoms with Gasteiger partial charge in [0.2, 0.25) is 5.91 Å². The van der Waals surface area contributed by atoms with Gasteiger partial charge in [-0.15, -0.1) is 0 Å². The van der Waals surface area contributed by atoms with Gasteiger partial charge in [-0.2, -0.15) is 5.10 Å². The van der Waals surface area contributed by atoms with E-state index in [4.69, 9.17) is 0 Å². The number of fused-ring (bicyclic) bond motifs is 4. The Bertz CT molecular complexity index is 888. The zero-order chi connectivity index (χ0) is 17.7. The Morgan fingerprint density at radius 1 is 1.15 bits per heavy atom. The Morgan fingerprint density at radius 2 is 2.00 bits per heavy atom. The first kappa shape index (κ1) is 15.6. The molecule has 1 atom stereocenters. The van der Waals surface area contributed by atoms with E-state index < -0.39 is 0 Å². The highest BCUT2D eigenvalue weighted by Gasteiger charge is 2.39. The van der Waals surface area contributed by atoms with Crippen LogP contribution in [0.1, 0.15) is 51.8 Å². The molecule has 0 radical (unpaired) electrons. The maximum absolute atomic E-state index is 13.1. The lowest BCUT2D eigenvalue weighted by molar-refractivity contribution is -0.139. The highest BCUT2D eigenvalue weighted by molar-refractivity contribution is 5.97. The second kappa shape index (κ2) is 5.97. The molecule has 1 aliphatic carbocycles. The predicted molar refractivity (Wildman–Crippen MR) is 95.7 cm³/mol. The molecule has 26 heavy (non-hydrogen) atoms. The molecule has 1 fully saturated rings. The van der Waals surface area contributed by atoms with Crippen LogP contribution >= 0.6 is 0 Å². The van der Waals surface area contributed by atoms with Crippen LogP contribution in [0, 0.1) is 0 Å². The number of nitrogens with one attached hydrogen (secondary N) is 1. The van der Waals surface area contributed by atoms with Crippen molar-refractivity contribution in [1.29, 1.82) is 0 Å². The van der Waals surface area contributed by atoms with Gasteiger partial charge in [0.15, 0.2) is 5.69 Å². The van der Waals surface area contributed by atoms with Crippen LogP contribution < -0.4 is 0 Å². The van der Waals surface area contributed by atoms with Gasteiger partial charge in [-0.05, 0) is 43.2 Å². The fraction of sp³-hybridized carbons (Fsp3) is 0.450. The minimum Gasteiger partial charge on any atom is -0.332 e. The molecule has 2 aliphatic heterocycles. The van der Waals surface area contributed by atoms with Gasteiger partial charge in [0.25, 0.3) is 5.91 Å². The molecular formula is C20H22N4O2. The Kier molecular flexibility index (Phi) is 3.58. The summed E-state index contributed by atoms with van der Waals surface area (Å²) in [5, 5.41) is 7.34. The van der Waals surface area contributed by atoms with Crippen molar-refractivity contribution in [3.63, 3.8) is 0 Å². The molecule has 0 spiro atoms. The third kappa shape index (κ3) is 2.35.